The maximum atomic E-state index is 5.94. The van der Waals surface area contributed by atoms with Crippen molar-refractivity contribution in [1.82, 2.24) is 9.78 Å². The zero-order valence-corrected chi connectivity index (χ0v) is 14.8. The van der Waals surface area contributed by atoms with Crippen molar-refractivity contribution in [1.29, 1.82) is 0 Å². The molecule has 2 N–H and O–H groups in total. The summed E-state index contributed by atoms with van der Waals surface area (Å²) in [5.41, 5.74) is 9.76. The summed E-state index contributed by atoms with van der Waals surface area (Å²) < 4.78 is 2.91. The highest BCUT2D eigenvalue weighted by Crippen LogP contribution is 2.30. The van der Waals surface area contributed by atoms with Gasteiger partial charge in [0.15, 0.2) is 0 Å². The fourth-order valence-electron chi connectivity index (χ4n) is 2.08. The third kappa shape index (κ3) is 2.77. The molecule has 0 saturated heterocycles. The fourth-order valence-corrected chi connectivity index (χ4v) is 3.45. The third-order valence-corrected chi connectivity index (χ3v) is 5.27. The summed E-state index contributed by atoms with van der Waals surface area (Å²) in [5.74, 6) is 0.972. The van der Waals surface area contributed by atoms with Gasteiger partial charge in [-0.3, -0.25) is 0 Å². The van der Waals surface area contributed by atoms with E-state index in [1.807, 2.05) is 36.7 Å². The molecule has 0 spiro atoms. The SMILES string of the molecule is CCSc1cccc(-n2nc(C)c(Br)c2C)c1C(N)=S. The number of thioether (sulfide) groups is 1. The molecular weight excluding hydrogens is 354 g/mol. The van der Waals surface area contributed by atoms with Gasteiger partial charge in [0, 0.05) is 10.5 Å². The first-order chi connectivity index (χ1) is 9.47. The normalized spacial score (nSPS) is 10.8. The van der Waals surface area contributed by atoms with Crippen LogP contribution in [0.1, 0.15) is 23.9 Å². The number of hydrogen-bond acceptors (Lipinski definition) is 3. The molecule has 0 saturated carbocycles. The van der Waals surface area contributed by atoms with Crippen LogP contribution in [0.4, 0.5) is 0 Å². The second kappa shape index (κ2) is 6.28. The van der Waals surface area contributed by atoms with Crippen molar-refractivity contribution in [3.05, 3.63) is 39.6 Å². The Labute approximate surface area is 137 Å². The first kappa shape index (κ1) is 15.5. The van der Waals surface area contributed by atoms with Gasteiger partial charge in [-0.1, -0.05) is 25.2 Å². The highest BCUT2D eigenvalue weighted by Gasteiger charge is 2.17. The van der Waals surface area contributed by atoms with Crippen LogP contribution in [-0.4, -0.2) is 20.5 Å². The Bertz CT molecular complexity index is 665. The largest absolute Gasteiger partial charge is 0.389 e. The summed E-state index contributed by atoms with van der Waals surface area (Å²) in [6.07, 6.45) is 0. The van der Waals surface area contributed by atoms with Crippen molar-refractivity contribution < 1.29 is 0 Å². The van der Waals surface area contributed by atoms with Crippen LogP contribution < -0.4 is 5.73 Å². The van der Waals surface area contributed by atoms with Crippen LogP contribution >= 0.6 is 39.9 Å². The van der Waals surface area contributed by atoms with Crippen LogP contribution in [-0.2, 0) is 0 Å². The Morgan fingerprint density at radius 2 is 2.15 bits per heavy atom. The number of nitrogens with zero attached hydrogens (tertiary/aromatic N) is 2. The summed E-state index contributed by atoms with van der Waals surface area (Å²) >= 11 is 10.5. The van der Waals surface area contributed by atoms with E-state index in [0.717, 1.165) is 37.8 Å². The molecule has 1 heterocycles. The molecule has 0 bridgehead atoms. The number of halogens is 1. The predicted octanol–water partition coefficient (Wildman–Crippen LogP) is 4.00. The van der Waals surface area contributed by atoms with Crippen LogP contribution in [0.15, 0.2) is 27.6 Å². The molecule has 0 aliphatic carbocycles. The summed E-state index contributed by atoms with van der Waals surface area (Å²) in [6.45, 7) is 6.10. The van der Waals surface area contributed by atoms with Gasteiger partial charge in [-0.15, -0.1) is 11.8 Å². The van der Waals surface area contributed by atoms with Crippen LogP contribution in [0.25, 0.3) is 5.69 Å². The highest BCUT2D eigenvalue weighted by atomic mass is 79.9. The molecule has 6 heteroatoms. The van der Waals surface area contributed by atoms with Gasteiger partial charge < -0.3 is 5.73 Å². The minimum atomic E-state index is 0.403. The van der Waals surface area contributed by atoms with E-state index in [0.29, 0.717) is 4.99 Å². The van der Waals surface area contributed by atoms with Gasteiger partial charge in [-0.05, 0) is 47.7 Å². The van der Waals surface area contributed by atoms with Crippen LogP contribution in [0.2, 0.25) is 0 Å². The number of nitrogens with two attached hydrogens (primary N) is 1. The Morgan fingerprint density at radius 1 is 1.45 bits per heavy atom. The molecule has 0 fully saturated rings. The molecule has 1 aromatic carbocycles. The smallest absolute Gasteiger partial charge is 0.107 e. The summed E-state index contributed by atoms with van der Waals surface area (Å²) in [5, 5.41) is 4.57. The molecular formula is C14H16BrN3S2. The second-order valence-corrected chi connectivity index (χ2v) is 6.88. The molecule has 3 nitrogen and oxygen atoms in total. The van der Waals surface area contributed by atoms with Crippen molar-refractivity contribution in [3.8, 4) is 5.69 Å². The average molecular weight is 370 g/mol. The molecule has 1 aromatic heterocycles. The van der Waals surface area contributed by atoms with Gasteiger partial charge in [-0.25, -0.2) is 4.68 Å². The zero-order valence-electron chi connectivity index (χ0n) is 11.6. The summed E-state index contributed by atoms with van der Waals surface area (Å²) in [6, 6.07) is 6.06. The van der Waals surface area contributed by atoms with E-state index in [2.05, 4.69) is 28.0 Å². The maximum absolute atomic E-state index is 5.94. The molecule has 0 amide bonds. The molecule has 2 rings (SSSR count). The number of thiocarbonyl (C=S) groups is 1. The lowest BCUT2D eigenvalue weighted by molar-refractivity contribution is 0.829. The number of hydrogen-bond donors (Lipinski definition) is 1. The molecule has 0 atom stereocenters. The zero-order chi connectivity index (χ0) is 14.9. The molecule has 2 aromatic rings. The van der Waals surface area contributed by atoms with E-state index in [9.17, 15) is 0 Å². The molecule has 0 aliphatic heterocycles. The lowest BCUT2D eigenvalue weighted by Gasteiger charge is -2.14. The van der Waals surface area contributed by atoms with E-state index >= 15 is 0 Å². The number of benzene rings is 1. The Balaban J connectivity index is 2.70. The second-order valence-electron chi connectivity index (χ2n) is 4.34. The van der Waals surface area contributed by atoms with Gasteiger partial charge in [0.2, 0.25) is 0 Å². The highest BCUT2D eigenvalue weighted by molar-refractivity contribution is 9.10. The number of aromatic nitrogens is 2. The van der Waals surface area contributed by atoms with Crippen LogP contribution in [0.5, 0.6) is 0 Å². The topological polar surface area (TPSA) is 43.8 Å². The fraction of sp³-hybridized carbons (Fsp3) is 0.286. The Kier molecular flexibility index (Phi) is 4.88. The van der Waals surface area contributed by atoms with Crippen molar-refractivity contribution in [3.63, 3.8) is 0 Å². The average Bonchev–Trinajstić information content (AvgIpc) is 2.66. The Hall–Kier alpha value is -0.850. The monoisotopic (exact) mass is 369 g/mol. The molecule has 0 unspecified atom stereocenters. The predicted molar refractivity (Wildman–Crippen MR) is 93.0 cm³/mol. The van der Waals surface area contributed by atoms with Crippen molar-refractivity contribution >= 4 is 44.9 Å². The quantitative estimate of drug-likeness (QED) is 0.653. The lowest BCUT2D eigenvalue weighted by Crippen LogP contribution is -2.16. The minimum absolute atomic E-state index is 0.403. The first-order valence-electron chi connectivity index (χ1n) is 6.25. The minimum Gasteiger partial charge on any atom is -0.389 e. The molecule has 0 radical (unpaired) electrons. The third-order valence-electron chi connectivity index (χ3n) is 2.98. The van der Waals surface area contributed by atoms with E-state index < -0.39 is 0 Å². The van der Waals surface area contributed by atoms with Gasteiger partial charge >= 0.3 is 0 Å². The van der Waals surface area contributed by atoms with Gasteiger partial charge in [-0.2, -0.15) is 5.10 Å². The number of aryl methyl sites for hydroxylation is 1. The lowest BCUT2D eigenvalue weighted by atomic mass is 10.1. The van der Waals surface area contributed by atoms with Crippen LogP contribution in [0, 0.1) is 13.8 Å². The van der Waals surface area contributed by atoms with Gasteiger partial charge in [0.25, 0.3) is 0 Å². The maximum Gasteiger partial charge on any atom is 0.107 e. The van der Waals surface area contributed by atoms with E-state index in [1.165, 1.54) is 0 Å². The van der Waals surface area contributed by atoms with E-state index in [4.69, 9.17) is 18.0 Å². The molecule has 0 aliphatic rings. The molecule has 106 valence electrons. The van der Waals surface area contributed by atoms with E-state index in [-0.39, 0.29) is 0 Å². The standard InChI is InChI=1S/C14H16BrN3S2/c1-4-20-11-7-5-6-10(12(11)14(16)19)18-9(3)13(15)8(2)17-18/h5-7H,4H2,1-3H3,(H2,16,19). The van der Waals surface area contributed by atoms with Crippen molar-refractivity contribution in [2.75, 3.05) is 5.75 Å². The van der Waals surface area contributed by atoms with Gasteiger partial charge in [0.1, 0.15) is 4.99 Å². The van der Waals surface area contributed by atoms with Gasteiger partial charge in [0.05, 0.1) is 21.5 Å². The van der Waals surface area contributed by atoms with Crippen LogP contribution in [0.3, 0.4) is 0 Å². The number of rotatable bonds is 4. The first-order valence-corrected chi connectivity index (χ1v) is 8.43. The Morgan fingerprint density at radius 3 is 2.65 bits per heavy atom. The van der Waals surface area contributed by atoms with Crippen molar-refractivity contribution in [2.45, 2.75) is 25.7 Å². The van der Waals surface area contributed by atoms with E-state index in [1.54, 1.807) is 11.8 Å². The molecule has 20 heavy (non-hydrogen) atoms. The summed E-state index contributed by atoms with van der Waals surface area (Å²) in [4.78, 5) is 1.50. The summed E-state index contributed by atoms with van der Waals surface area (Å²) in [7, 11) is 0. The van der Waals surface area contributed by atoms with Crippen molar-refractivity contribution in [2.24, 2.45) is 5.73 Å².